The molecular formula is C10H11Ac2BrN2-2. The molecule has 2 rings (SSSR count). The Morgan fingerprint density at radius 1 is 1.33 bits per heavy atom. The van der Waals surface area contributed by atoms with E-state index in [-0.39, 0.29) is 88.1 Å². The molecule has 2 nitrogen and oxygen atoms in total. The number of aryl methyl sites for hydroxylation is 1. The zero-order valence-corrected chi connectivity index (χ0v) is 19.8. The van der Waals surface area contributed by atoms with E-state index in [2.05, 4.69) is 21.2 Å². The van der Waals surface area contributed by atoms with Gasteiger partial charge in [0.25, 0.3) is 0 Å². The monoisotopic (exact) mass is 692 g/mol. The molecule has 0 aromatic heterocycles. The van der Waals surface area contributed by atoms with Crippen LogP contribution in [0.4, 0.5) is 5.69 Å². The Labute approximate surface area is 171 Å². The first-order valence-electron chi connectivity index (χ1n) is 4.36. The first kappa shape index (κ1) is 17.3. The van der Waals surface area contributed by atoms with Crippen LogP contribution >= 0.6 is 15.9 Å². The van der Waals surface area contributed by atoms with Crippen molar-refractivity contribution in [1.29, 1.82) is 0 Å². The summed E-state index contributed by atoms with van der Waals surface area (Å²) in [6, 6.07) is 2.03. The molecule has 76 valence electrons. The molecule has 0 amide bonds. The van der Waals surface area contributed by atoms with Crippen LogP contribution in [0.25, 0.3) is 11.1 Å². The fourth-order valence-electron chi connectivity index (χ4n) is 1.71. The molecule has 0 atom stereocenters. The number of fused-ring (bicyclic) bond motifs is 1. The second-order valence-electron chi connectivity index (χ2n) is 3.36. The van der Waals surface area contributed by atoms with E-state index >= 15 is 0 Å². The SMILES string of the molecule is Cc1cc(Br)c2c(c1[NH-])C[N-]CC2.[Ac].[Ac]. The molecule has 1 aromatic rings. The third-order valence-corrected chi connectivity index (χ3v) is 3.19. The van der Waals surface area contributed by atoms with Gasteiger partial charge < -0.3 is 11.1 Å². The van der Waals surface area contributed by atoms with Crippen LogP contribution in [-0.2, 0) is 13.0 Å². The van der Waals surface area contributed by atoms with Gasteiger partial charge in [-0.3, -0.25) is 0 Å². The van der Waals surface area contributed by atoms with Crippen molar-refractivity contribution in [3.63, 3.8) is 0 Å². The Morgan fingerprint density at radius 3 is 2.67 bits per heavy atom. The van der Waals surface area contributed by atoms with Crippen LogP contribution in [0.5, 0.6) is 0 Å². The van der Waals surface area contributed by atoms with Gasteiger partial charge in [-0.1, -0.05) is 27.1 Å². The average molecular weight is 693 g/mol. The van der Waals surface area contributed by atoms with Crippen LogP contribution in [0.2, 0.25) is 0 Å². The van der Waals surface area contributed by atoms with E-state index < -0.39 is 0 Å². The second-order valence-corrected chi connectivity index (χ2v) is 4.22. The van der Waals surface area contributed by atoms with Gasteiger partial charge in [0, 0.05) is 92.6 Å². The Bertz CT molecular complexity index is 356. The number of nitrogens with one attached hydrogen (secondary N) is 1. The smallest absolute Gasteiger partial charge is 0.0210 e. The van der Waals surface area contributed by atoms with Gasteiger partial charge in [-0.25, -0.2) is 0 Å². The molecule has 0 unspecified atom stereocenters. The minimum atomic E-state index is 0. The molecule has 15 heavy (non-hydrogen) atoms. The Morgan fingerprint density at radius 2 is 2.00 bits per heavy atom. The molecule has 1 N–H and O–H groups in total. The third kappa shape index (κ3) is 3.90. The van der Waals surface area contributed by atoms with Crippen LogP contribution in [0, 0.1) is 95.0 Å². The fourth-order valence-corrected chi connectivity index (χ4v) is 2.49. The minimum absolute atomic E-state index is 0. The summed E-state index contributed by atoms with van der Waals surface area (Å²) in [6.07, 6.45) is 0.974. The van der Waals surface area contributed by atoms with Gasteiger partial charge in [0.05, 0.1) is 0 Å². The van der Waals surface area contributed by atoms with Crippen molar-refractivity contribution in [3.05, 3.63) is 38.3 Å². The van der Waals surface area contributed by atoms with E-state index in [1.165, 1.54) is 5.56 Å². The molecule has 1 heterocycles. The molecule has 0 spiro atoms. The van der Waals surface area contributed by atoms with Gasteiger partial charge in [-0.2, -0.15) is 0 Å². The normalized spacial score (nSPS) is 13.5. The van der Waals surface area contributed by atoms with Crippen molar-refractivity contribution in [2.24, 2.45) is 0 Å². The summed E-state index contributed by atoms with van der Waals surface area (Å²) in [5, 5.41) is 4.32. The first-order valence-corrected chi connectivity index (χ1v) is 5.15. The van der Waals surface area contributed by atoms with E-state index in [0.29, 0.717) is 12.2 Å². The van der Waals surface area contributed by atoms with Crippen LogP contribution in [-0.4, -0.2) is 6.54 Å². The predicted molar refractivity (Wildman–Crippen MR) is 58.5 cm³/mol. The molecular weight excluding hydrogens is 682 g/mol. The van der Waals surface area contributed by atoms with E-state index in [1.807, 2.05) is 13.0 Å². The van der Waals surface area contributed by atoms with Crippen molar-refractivity contribution in [2.45, 2.75) is 19.9 Å². The summed E-state index contributed by atoms with van der Waals surface area (Å²) in [4.78, 5) is 0. The first-order chi connectivity index (χ1) is 6.20. The van der Waals surface area contributed by atoms with Gasteiger partial charge in [0.2, 0.25) is 0 Å². The maximum Gasteiger partial charge on any atom is 0.0210 e. The van der Waals surface area contributed by atoms with E-state index in [0.717, 1.165) is 28.6 Å². The maximum atomic E-state index is 7.89. The molecule has 1 aliphatic rings. The summed E-state index contributed by atoms with van der Waals surface area (Å²) in [6.45, 7) is 3.59. The van der Waals surface area contributed by atoms with Crippen LogP contribution in [0.15, 0.2) is 10.5 Å². The third-order valence-electron chi connectivity index (χ3n) is 2.48. The topological polar surface area (TPSA) is 37.9 Å². The molecule has 2 radical (unpaired) electrons. The van der Waals surface area contributed by atoms with Crippen LogP contribution < -0.4 is 0 Å². The quantitative estimate of drug-likeness (QED) is 0.397. The Kier molecular flexibility index (Phi) is 8.91. The van der Waals surface area contributed by atoms with Gasteiger partial charge in [0.15, 0.2) is 0 Å². The number of nitrogens with zero attached hydrogens (tertiary/aromatic N) is 1. The van der Waals surface area contributed by atoms with Crippen LogP contribution in [0.1, 0.15) is 16.7 Å². The average Bonchev–Trinajstić information content (AvgIpc) is 2.15. The molecule has 0 bridgehead atoms. The van der Waals surface area contributed by atoms with Crippen LogP contribution in [0.3, 0.4) is 0 Å². The number of hydrogen-bond donors (Lipinski definition) is 0. The molecule has 0 aliphatic carbocycles. The zero-order chi connectivity index (χ0) is 9.42. The van der Waals surface area contributed by atoms with E-state index in [1.54, 1.807) is 0 Å². The maximum absolute atomic E-state index is 7.89. The summed E-state index contributed by atoms with van der Waals surface area (Å²) in [5.74, 6) is 0. The second kappa shape index (κ2) is 7.71. The van der Waals surface area contributed by atoms with Gasteiger partial charge in [-0.15, -0.1) is 18.8 Å². The Balaban J connectivity index is 0.000000980. The van der Waals surface area contributed by atoms with Gasteiger partial charge >= 0.3 is 0 Å². The van der Waals surface area contributed by atoms with Crippen molar-refractivity contribution in [1.82, 2.24) is 0 Å². The standard InChI is InChI=1S/C10H11BrN2.2Ac/c1-6-4-9(11)7-2-3-13-5-8(7)10(6)12;;/h4,12H,2-3,5H2,1H3;;/q-2;;. The van der Waals surface area contributed by atoms with E-state index in [4.69, 9.17) is 5.73 Å². The molecule has 5 heteroatoms. The number of rotatable bonds is 0. The summed E-state index contributed by atoms with van der Waals surface area (Å²) < 4.78 is 1.14. The molecule has 1 aliphatic heterocycles. The molecule has 0 fully saturated rings. The van der Waals surface area contributed by atoms with Crippen molar-refractivity contribution >= 4 is 21.6 Å². The minimum Gasteiger partial charge on any atom is -0.698 e. The summed E-state index contributed by atoms with van der Waals surface area (Å²) in [5.41, 5.74) is 12.0. The van der Waals surface area contributed by atoms with Crippen molar-refractivity contribution in [2.75, 3.05) is 6.54 Å². The Hall–Kier alpha value is 2.34. The summed E-state index contributed by atoms with van der Waals surface area (Å²) >= 11 is 3.54. The molecule has 0 saturated carbocycles. The fraction of sp³-hybridized carbons (Fsp3) is 0.400. The summed E-state index contributed by atoms with van der Waals surface area (Å²) in [7, 11) is 0. The number of halogens is 1. The molecule has 0 saturated heterocycles. The van der Waals surface area contributed by atoms with Gasteiger partial charge in [-0.05, 0) is 25.0 Å². The van der Waals surface area contributed by atoms with Crippen molar-refractivity contribution in [3.8, 4) is 0 Å². The zero-order valence-electron chi connectivity index (χ0n) is 8.68. The number of benzene rings is 1. The van der Waals surface area contributed by atoms with Crippen molar-refractivity contribution < 1.29 is 88.1 Å². The van der Waals surface area contributed by atoms with E-state index in [9.17, 15) is 0 Å². The van der Waals surface area contributed by atoms with Gasteiger partial charge in [0.1, 0.15) is 0 Å². The number of hydrogen-bond acceptors (Lipinski definition) is 0. The molecule has 1 aromatic carbocycles. The largest absolute Gasteiger partial charge is 0.698 e. The predicted octanol–water partition coefficient (Wildman–Crippen LogP) is 3.87.